The van der Waals surface area contributed by atoms with Crippen LogP contribution in [0.1, 0.15) is 17.7 Å². The Kier molecular flexibility index (Phi) is 5.32. The lowest BCUT2D eigenvalue weighted by Crippen LogP contribution is -2.24. The Labute approximate surface area is 160 Å². The molecule has 1 unspecified atom stereocenters. The summed E-state index contributed by atoms with van der Waals surface area (Å²) in [6.07, 6.45) is 6.93. The number of fused-ring (bicyclic) bond motifs is 1. The van der Waals surface area contributed by atoms with Crippen LogP contribution in [0.5, 0.6) is 5.75 Å². The highest BCUT2D eigenvalue weighted by atomic mass is 16.5. The first-order chi connectivity index (χ1) is 13.2. The van der Waals surface area contributed by atoms with E-state index in [4.69, 9.17) is 4.74 Å². The van der Waals surface area contributed by atoms with E-state index in [0.717, 1.165) is 44.0 Å². The van der Waals surface area contributed by atoms with Crippen molar-refractivity contribution in [2.75, 3.05) is 27.2 Å². The van der Waals surface area contributed by atoms with E-state index < -0.39 is 0 Å². The summed E-state index contributed by atoms with van der Waals surface area (Å²) >= 11 is 0. The number of ether oxygens (including phenoxy) is 1. The predicted molar refractivity (Wildman–Crippen MR) is 108 cm³/mol. The van der Waals surface area contributed by atoms with Gasteiger partial charge < -0.3 is 9.64 Å². The molecule has 3 heterocycles. The lowest BCUT2D eigenvalue weighted by Gasteiger charge is -2.18. The van der Waals surface area contributed by atoms with Gasteiger partial charge in [-0.05, 0) is 43.6 Å². The lowest BCUT2D eigenvalue weighted by atomic mass is 10.1. The Morgan fingerprint density at radius 3 is 3.00 bits per heavy atom. The number of hydrogen-bond acceptors (Lipinski definition) is 5. The molecule has 3 aromatic rings. The second-order valence-corrected chi connectivity index (χ2v) is 7.50. The van der Waals surface area contributed by atoms with Crippen LogP contribution in [0.15, 0.2) is 55.0 Å². The van der Waals surface area contributed by atoms with Crippen molar-refractivity contribution in [1.29, 1.82) is 0 Å². The van der Waals surface area contributed by atoms with Crippen LogP contribution in [0, 0.1) is 0 Å². The second kappa shape index (κ2) is 8.03. The third-order valence-corrected chi connectivity index (χ3v) is 4.96. The molecule has 0 N–H and O–H groups in total. The maximum atomic E-state index is 6.24. The normalized spacial score (nSPS) is 17.7. The van der Waals surface area contributed by atoms with Crippen LogP contribution in [-0.4, -0.2) is 53.1 Å². The summed E-state index contributed by atoms with van der Waals surface area (Å²) in [5, 5.41) is 2.49. The molecule has 1 saturated heterocycles. The van der Waals surface area contributed by atoms with Crippen molar-refractivity contribution in [2.45, 2.75) is 25.6 Å². The Hall–Kier alpha value is -2.50. The van der Waals surface area contributed by atoms with Crippen molar-refractivity contribution in [2.24, 2.45) is 0 Å². The molecule has 0 aliphatic carbocycles. The van der Waals surface area contributed by atoms with Crippen molar-refractivity contribution >= 4 is 10.8 Å². The molecule has 4 rings (SSSR count). The molecule has 1 aliphatic rings. The quantitative estimate of drug-likeness (QED) is 0.673. The fraction of sp³-hybridized carbons (Fsp3) is 0.364. The third kappa shape index (κ3) is 4.43. The van der Waals surface area contributed by atoms with Gasteiger partial charge >= 0.3 is 0 Å². The largest absolute Gasteiger partial charge is 0.489 e. The molecule has 2 aromatic heterocycles. The van der Waals surface area contributed by atoms with E-state index in [1.54, 1.807) is 0 Å². The molecule has 5 heteroatoms. The van der Waals surface area contributed by atoms with Gasteiger partial charge in [-0.1, -0.05) is 18.2 Å². The number of benzene rings is 1. The van der Waals surface area contributed by atoms with Gasteiger partial charge in [-0.3, -0.25) is 14.9 Å². The number of hydrogen-bond donors (Lipinski definition) is 0. The molecule has 1 atom stereocenters. The van der Waals surface area contributed by atoms with Gasteiger partial charge in [0.15, 0.2) is 0 Å². The van der Waals surface area contributed by atoms with Gasteiger partial charge in [0.2, 0.25) is 0 Å². The Morgan fingerprint density at radius 2 is 2.11 bits per heavy atom. The molecule has 1 aromatic carbocycles. The molecule has 140 valence electrons. The maximum Gasteiger partial charge on any atom is 0.123 e. The minimum Gasteiger partial charge on any atom is -0.489 e. The molecular formula is C22H26N4O. The Balaban J connectivity index is 1.39. The fourth-order valence-corrected chi connectivity index (χ4v) is 3.74. The highest BCUT2D eigenvalue weighted by Crippen LogP contribution is 2.23. The van der Waals surface area contributed by atoms with Crippen LogP contribution in [0.25, 0.3) is 10.8 Å². The highest BCUT2D eigenvalue weighted by molar-refractivity contribution is 5.84. The summed E-state index contributed by atoms with van der Waals surface area (Å²) in [6.45, 7) is 3.78. The average molecular weight is 362 g/mol. The van der Waals surface area contributed by atoms with E-state index in [2.05, 4.69) is 50.1 Å². The van der Waals surface area contributed by atoms with Gasteiger partial charge in [0.25, 0.3) is 0 Å². The zero-order valence-electron chi connectivity index (χ0n) is 16.0. The maximum absolute atomic E-state index is 6.24. The van der Waals surface area contributed by atoms with Gasteiger partial charge in [-0.15, -0.1) is 0 Å². The number of aromatic nitrogens is 2. The summed E-state index contributed by atoms with van der Waals surface area (Å²) in [5.41, 5.74) is 2.39. The SMILES string of the molecule is CN(C)Cc1cc(OC2CCN(Cc3cccc4cnccc34)C2)ccn1. The highest BCUT2D eigenvalue weighted by Gasteiger charge is 2.24. The Bertz CT molecular complexity index is 906. The minimum atomic E-state index is 0.233. The fourth-order valence-electron chi connectivity index (χ4n) is 3.74. The summed E-state index contributed by atoms with van der Waals surface area (Å²) in [7, 11) is 4.10. The monoisotopic (exact) mass is 362 g/mol. The molecule has 0 bridgehead atoms. The van der Waals surface area contributed by atoms with Gasteiger partial charge in [0.1, 0.15) is 11.9 Å². The smallest absolute Gasteiger partial charge is 0.123 e. The van der Waals surface area contributed by atoms with Crippen LogP contribution < -0.4 is 4.74 Å². The number of rotatable bonds is 6. The zero-order valence-corrected chi connectivity index (χ0v) is 16.0. The van der Waals surface area contributed by atoms with Crippen molar-refractivity contribution < 1.29 is 4.74 Å². The third-order valence-electron chi connectivity index (χ3n) is 4.96. The second-order valence-electron chi connectivity index (χ2n) is 7.50. The minimum absolute atomic E-state index is 0.233. The number of pyridine rings is 2. The summed E-state index contributed by atoms with van der Waals surface area (Å²) < 4.78 is 6.24. The van der Waals surface area contributed by atoms with Crippen LogP contribution in [0.2, 0.25) is 0 Å². The molecule has 5 nitrogen and oxygen atoms in total. The summed E-state index contributed by atoms with van der Waals surface area (Å²) in [4.78, 5) is 13.2. The molecule has 0 amide bonds. The zero-order chi connectivity index (χ0) is 18.6. The first-order valence-electron chi connectivity index (χ1n) is 9.48. The van der Waals surface area contributed by atoms with E-state index in [0.29, 0.717) is 0 Å². The van der Waals surface area contributed by atoms with Gasteiger partial charge in [0, 0.05) is 56.2 Å². The van der Waals surface area contributed by atoms with Crippen LogP contribution in [0.4, 0.5) is 0 Å². The van der Waals surface area contributed by atoms with Crippen molar-refractivity contribution in [3.05, 3.63) is 66.2 Å². The Morgan fingerprint density at radius 1 is 1.19 bits per heavy atom. The predicted octanol–water partition coefficient (Wildman–Crippen LogP) is 3.34. The number of nitrogens with zero attached hydrogens (tertiary/aromatic N) is 4. The molecule has 0 spiro atoms. The standard InChI is InChI=1S/C22H26N4O/c1-25(2)15-19-12-20(6-10-24-19)27-21-8-11-26(16-21)14-18-5-3-4-17-13-23-9-7-22(17)18/h3-7,9-10,12-13,21H,8,11,14-16H2,1-2H3. The topological polar surface area (TPSA) is 41.5 Å². The molecule has 27 heavy (non-hydrogen) atoms. The van der Waals surface area contributed by atoms with E-state index >= 15 is 0 Å². The van der Waals surface area contributed by atoms with Crippen molar-refractivity contribution in [3.63, 3.8) is 0 Å². The van der Waals surface area contributed by atoms with Crippen LogP contribution in [-0.2, 0) is 13.1 Å². The molecule has 1 fully saturated rings. The number of likely N-dealkylation sites (tertiary alicyclic amines) is 1. The van der Waals surface area contributed by atoms with Crippen LogP contribution in [0.3, 0.4) is 0 Å². The summed E-state index contributed by atoms with van der Waals surface area (Å²) in [5.74, 6) is 0.921. The van der Waals surface area contributed by atoms with E-state index in [-0.39, 0.29) is 6.10 Å². The molecule has 1 aliphatic heterocycles. The molecule has 0 radical (unpaired) electrons. The lowest BCUT2D eigenvalue weighted by molar-refractivity contribution is 0.198. The van der Waals surface area contributed by atoms with E-state index in [1.165, 1.54) is 16.3 Å². The van der Waals surface area contributed by atoms with Gasteiger partial charge in [0.05, 0.1) is 5.69 Å². The molecular weight excluding hydrogens is 336 g/mol. The van der Waals surface area contributed by atoms with E-state index in [1.807, 2.05) is 38.8 Å². The average Bonchev–Trinajstić information content (AvgIpc) is 3.09. The van der Waals surface area contributed by atoms with Crippen LogP contribution >= 0.6 is 0 Å². The first kappa shape index (κ1) is 17.9. The van der Waals surface area contributed by atoms with Gasteiger partial charge in [-0.2, -0.15) is 0 Å². The van der Waals surface area contributed by atoms with E-state index in [9.17, 15) is 0 Å². The van der Waals surface area contributed by atoms with Crippen molar-refractivity contribution in [1.82, 2.24) is 19.8 Å². The molecule has 0 saturated carbocycles. The van der Waals surface area contributed by atoms with Crippen molar-refractivity contribution in [3.8, 4) is 5.75 Å². The van der Waals surface area contributed by atoms with Gasteiger partial charge in [-0.25, -0.2) is 0 Å². The summed E-state index contributed by atoms with van der Waals surface area (Å²) in [6, 6.07) is 12.6. The first-order valence-corrected chi connectivity index (χ1v) is 9.48.